The number of hydrogen-bond acceptors (Lipinski definition) is 5. The molecule has 2 heterocycles. The molecular formula is C16H25N5S2. The molecular weight excluding hydrogens is 326 g/mol. The largest absolute Gasteiger partial charge is 0.356 e. The summed E-state index contributed by atoms with van der Waals surface area (Å²) in [6, 6.07) is 0. The van der Waals surface area contributed by atoms with Gasteiger partial charge in [0.1, 0.15) is 5.01 Å². The lowest BCUT2D eigenvalue weighted by molar-refractivity contribution is 0.772. The van der Waals surface area contributed by atoms with E-state index in [2.05, 4.69) is 57.1 Å². The highest BCUT2D eigenvalue weighted by atomic mass is 32.1. The van der Waals surface area contributed by atoms with E-state index in [1.807, 2.05) is 0 Å². The van der Waals surface area contributed by atoms with E-state index in [4.69, 9.17) is 0 Å². The number of nitrogens with zero attached hydrogens (tertiary/aromatic N) is 3. The normalized spacial score (nSPS) is 12.0. The average molecular weight is 352 g/mol. The fraction of sp³-hybridized carbons (Fsp3) is 0.562. The molecule has 0 saturated heterocycles. The van der Waals surface area contributed by atoms with Crippen LogP contribution in [0.3, 0.4) is 0 Å². The molecule has 0 radical (unpaired) electrons. The minimum Gasteiger partial charge on any atom is -0.356 e. The van der Waals surface area contributed by atoms with Crippen LogP contribution < -0.4 is 10.6 Å². The molecule has 0 amide bonds. The number of hydrogen-bond donors (Lipinski definition) is 2. The van der Waals surface area contributed by atoms with E-state index in [9.17, 15) is 0 Å². The summed E-state index contributed by atoms with van der Waals surface area (Å²) in [5.41, 5.74) is 2.31. The lowest BCUT2D eigenvalue weighted by Crippen LogP contribution is -2.37. The van der Waals surface area contributed by atoms with Gasteiger partial charge in [0.25, 0.3) is 0 Å². The van der Waals surface area contributed by atoms with Crippen molar-refractivity contribution in [1.82, 2.24) is 20.6 Å². The number of aryl methyl sites for hydroxylation is 1. The van der Waals surface area contributed by atoms with Gasteiger partial charge in [0.2, 0.25) is 0 Å². The third-order valence-electron chi connectivity index (χ3n) is 3.37. The van der Waals surface area contributed by atoms with Gasteiger partial charge in [-0.1, -0.05) is 20.8 Å². The first kappa shape index (κ1) is 17.9. The molecule has 0 aliphatic carbocycles. The Labute approximate surface area is 146 Å². The molecule has 2 aromatic heterocycles. The molecule has 7 heteroatoms. The maximum Gasteiger partial charge on any atom is 0.191 e. The van der Waals surface area contributed by atoms with Gasteiger partial charge in [-0.05, 0) is 12.3 Å². The maximum atomic E-state index is 4.62. The molecule has 23 heavy (non-hydrogen) atoms. The molecule has 2 aromatic rings. The molecule has 0 fully saturated rings. The second-order valence-corrected chi connectivity index (χ2v) is 7.39. The zero-order chi connectivity index (χ0) is 16.7. The molecule has 0 spiro atoms. The SMILES string of the molecule is CCc1nc(CCNC(=NC)NCc2nc(C(C)C)cs2)cs1. The first-order valence-electron chi connectivity index (χ1n) is 7.94. The van der Waals surface area contributed by atoms with Crippen LogP contribution in [0.5, 0.6) is 0 Å². The minimum absolute atomic E-state index is 0.476. The quantitative estimate of drug-likeness (QED) is 0.594. The molecule has 0 saturated carbocycles. The van der Waals surface area contributed by atoms with E-state index in [-0.39, 0.29) is 0 Å². The van der Waals surface area contributed by atoms with E-state index in [1.165, 1.54) is 5.01 Å². The Morgan fingerprint density at radius 2 is 1.96 bits per heavy atom. The molecule has 0 aliphatic heterocycles. The third kappa shape index (κ3) is 5.58. The van der Waals surface area contributed by atoms with Crippen molar-refractivity contribution in [3.63, 3.8) is 0 Å². The zero-order valence-corrected chi connectivity index (χ0v) is 15.9. The van der Waals surface area contributed by atoms with Gasteiger partial charge in [0, 0.05) is 30.8 Å². The maximum absolute atomic E-state index is 4.62. The van der Waals surface area contributed by atoms with Gasteiger partial charge in [-0.2, -0.15) is 0 Å². The van der Waals surface area contributed by atoms with Crippen LogP contribution >= 0.6 is 22.7 Å². The van der Waals surface area contributed by atoms with Crippen molar-refractivity contribution in [1.29, 1.82) is 0 Å². The Morgan fingerprint density at radius 3 is 2.57 bits per heavy atom. The van der Waals surface area contributed by atoms with Crippen LogP contribution in [0.4, 0.5) is 0 Å². The van der Waals surface area contributed by atoms with E-state index in [0.717, 1.165) is 41.7 Å². The monoisotopic (exact) mass is 351 g/mol. The van der Waals surface area contributed by atoms with E-state index >= 15 is 0 Å². The second-order valence-electron chi connectivity index (χ2n) is 5.51. The summed E-state index contributed by atoms with van der Waals surface area (Å²) in [5, 5.41) is 13.2. The number of guanidine groups is 1. The van der Waals surface area contributed by atoms with E-state index < -0.39 is 0 Å². The molecule has 0 unspecified atom stereocenters. The van der Waals surface area contributed by atoms with E-state index in [1.54, 1.807) is 29.7 Å². The molecule has 0 atom stereocenters. The molecule has 0 aromatic carbocycles. The van der Waals surface area contributed by atoms with Crippen molar-refractivity contribution in [2.24, 2.45) is 4.99 Å². The van der Waals surface area contributed by atoms with Crippen LogP contribution in [0.25, 0.3) is 0 Å². The zero-order valence-electron chi connectivity index (χ0n) is 14.2. The standard InChI is InChI=1S/C16H25N5S2/c1-5-14-20-12(9-22-14)6-7-18-16(17-4)19-8-15-21-13(10-23-15)11(2)3/h9-11H,5-8H2,1-4H3,(H2,17,18,19). The summed E-state index contributed by atoms with van der Waals surface area (Å²) in [6.45, 7) is 7.98. The molecule has 2 N–H and O–H groups in total. The van der Waals surface area contributed by atoms with Crippen LogP contribution in [0.2, 0.25) is 0 Å². The summed E-state index contributed by atoms with van der Waals surface area (Å²) in [7, 11) is 1.79. The summed E-state index contributed by atoms with van der Waals surface area (Å²) in [5.74, 6) is 1.28. The summed E-state index contributed by atoms with van der Waals surface area (Å²) in [4.78, 5) is 13.4. The number of thiazole rings is 2. The highest BCUT2D eigenvalue weighted by molar-refractivity contribution is 7.09. The van der Waals surface area contributed by atoms with Crippen molar-refractivity contribution >= 4 is 28.6 Å². The molecule has 0 bridgehead atoms. The van der Waals surface area contributed by atoms with Gasteiger partial charge < -0.3 is 10.6 Å². The Bertz CT molecular complexity index is 630. The van der Waals surface area contributed by atoms with Crippen LogP contribution in [0.1, 0.15) is 48.1 Å². The van der Waals surface area contributed by atoms with Gasteiger partial charge in [-0.3, -0.25) is 4.99 Å². The van der Waals surface area contributed by atoms with Crippen molar-refractivity contribution < 1.29 is 0 Å². The Kier molecular flexibility index (Phi) is 6.98. The highest BCUT2D eigenvalue weighted by Gasteiger charge is 2.06. The Hall–Kier alpha value is -1.47. The topological polar surface area (TPSA) is 62.2 Å². The highest BCUT2D eigenvalue weighted by Crippen LogP contribution is 2.17. The number of rotatable bonds is 7. The summed E-state index contributed by atoms with van der Waals surface area (Å²) >= 11 is 3.43. The van der Waals surface area contributed by atoms with Crippen molar-refractivity contribution in [2.75, 3.05) is 13.6 Å². The van der Waals surface area contributed by atoms with Gasteiger partial charge >= 0.3 is 0 Å². The molecule has 2 rings (SSSR count). The first-order chi connectivity index (χ1) is 11.1. The number of aliphatic imine (C=N–C) groups is 1. The average Bonchev–Trinajstić information content (AvgIpc) is 3.19. The van der Waals surface area contributed by atoms with Crippen LogP contribution in [0, 0.1) is 0 Å². The van der Waals surface area contributed by atoms with Crippen LogP contribution in [-0.4, -0.2) is 29.5 Å². The van der Waals surface area contributed by atoms with Crippen molar-refractivity contribution in [3.8, 4) is 0 Å². The number of nitrogens with one attached hydrogen (secondary N) is 2. The number of aromatic nitrogens is 2. The smallest absolute Gasteiger partial charge is 0.191 e. The fourth-order valence-electron chi connectivity index (χ4n) is 1.99. The molecule has 126 valence electrons. The van der Waals surface area contributed by atoms with Gasteiger partial charge in [-0.15, -0.1) is 22.7 Å². The lowest BCUT2D eigenvalue weighted by atomic mass is 10.2. The molecule has 0 aliphatic rings. The summed E-state index contributed by atoms with van der Waals surface area (Å²) in [6.07, 6.45) is 1.92. The second kappa shape index (κ2) is 8.98. The van der Waals surface area contributed by atoms with Crippen LogP contribution in [-0.2, 0) is 19.4 Å². The van der Waals surface area contributed by atoms with Crippen LogP contribution in [0.15, 0.2) is 15.8 Å². The van der Waals surface area contributed by atoms with Crippen molar-refractivity contribution in [3.05, 3.63) is 32.2 Å². The van der Waals surface area contributed by atoms with Gasteiger partial charge in [0.05, 0.1) is 22.9 Å². The predicted molar refractivity (Wildman–Crippen MR) is 99.6 cm³/mol. The Balaban J connectivity index is 1.74. The van der Waals surface area contributed by atoms with E-state index in [0.29, 0.717) is 12.5 Å². The lowest BCUT2D eigenvalue weighted by Gasteiger charge is -2.10. The van der Waals surface area contributed by atoms with Crippen molar-refractivity contribution in [2.45, 2.75) is 46.1 Å². The third-order valence-corrected chi connectivity index (χ3v) is 5.28. The minimum atomic E-state index is 0.476. The first-order valence-corrected chi connectivity index (χ1v) is 9.70. The Morgan fingerprint density at radius 1 is 1.17 bits per heavy atom. The van der Waals surface area contributed by atoms with Gasteiger partial charge in [0.15, 0.2) is 5.96 Å². The fourth-order valence-corrected chi connectivity index (χ4v) is 3.66. The summed E-state index contributed by atoms with van der Waals surface area (Å²) < 4.78 is 0. The van der Waals surface area contributed by atoms with Gasteiger partial charge in [-0.25, -0.2) is 9.97 Å². The predicted octanol–water partition coefficient (Wildman–Crippen LogP) is 3.19. The molecule has 5 nitrogen and oxygen atoms in total.